The van der Waals surface area contributed by atoms with Crippen LogP contribution in [0.3, 0.4) is 0 Å². The van der Waals surface area contributed by atoms with Crippen molar-refractivity contribution < 1.29 is 44.9 Å². The maximum Gasteiger partial charge on any atom is 0.220 e. The lowest BCUT2D eigenvalue weighted by Crippen LogP contribution is -2.60. The van der Waals surface area contributed by atoms with Crippen LogP contribution < -0.4 is 5.32 Å². The monoisotopic (exact) mass is 549 g/mol. The fourth-order valence-corrected chi connectivity index (χ4v) is 4.77. The van der Waals surface area contributed by atoms with Gasteiger partial charge in [-0.05, 0) is 12.8 Å². The fraction of sp³-hybridized carbons (Fsp3) is 0.964. The van der Waals surface area contributed by atoms with E-state index in [0.29, 0.717) is 12.8 Å². The molecule has 10 heteroatoms. The Morgan fingerprint density at radius 3 is 1.89 bits per heavy atom. The van der Waals surface area contributed by atoms with Gasteiger partial charge in [-0.1, -0.05) is 90.9 Å². The first-order chi connectivity index (χ1) is 18.3. The summed E-state index contributed by atoms with van der Waals surface area (Å²) in [5, 5.41) is 63.5. The molecule has 1 aliphatic heterocycles. The number of amides is 1. The van der Waals surface area contributed by atoms with Crippen LogP contribution in [0.15, 0.2) is 0 Å². The van der Waals surface area contributed by atoms with E-state index in [0.717, 1.165) is 25.7 Å². The minimum absolute atomic E-state index is 0.234. The standard InChI is InChI=1S/C28H55NO9/c1-3-5-6-7-8-9-10-11-12-13-14-15-17-21(31)24(33)20(29-23(32)16-4-2)19-37-28-27(36)26(35)25(34)22(18-30)38-28/h20-22,24-28,30-31,33-36H,3-19H2,1-2H3,(H,29,32). The van der Waals surface area contributed by atoms with Gasteiger partial charge in [-0.25, -0.2) is 0 Å². The van der Waals surface area contributed by atoms with Crippen molar-refractivity contribution in [1.29, 1.82) is 0 Å². The topological polar surface area (TPSA) is 169 Å². The number of hydrogen-bond donors (Lipinski definition) is 7. The highest BCUT2D eigenvalue weighted by atomic mass is 16.7. The lowest BCUT2D eigenvalue weighted by Gasteiger charge is -2.40. The highest BCUT2D eigenvalue weighted by Gasteiger charge is 2.44. The Bertz CT molecular complexity index is 595. The van der Waals surface area contributed by atoms with Crippen molar-refractivity contribution in [3.8, 4) is 0 Å². The van der Waals surface area contributed by atoms with Crippen LogP contribution >= 0.6 is 0 Å². The lowest BCUT2D eigenvalue weighted by molar-refractivity contribution is -0.303. The molecule has 1 heterocycles. The molecule has 0 aromatic heterocycles. The molecule has 0 spiro atoms. The summed E-state index contributed by atoms with van der Waals surface area (Å²) in [4.78, 5) is 12.2. The zero-order chi connectivity index (χ0) is 28.3. The van der Waals surface area contributed by atoms with Crippen molar-refractivity contribution in [2.75, 3.05) is 13.2 Å². The van der Waals surface area contributed by atoms with Crippen LogP contribution in [0.5, 0.6) is 0 Å². The van der Waals surface area contributed by atoms with Crippen LogP contribution in [-0.4, -0.2) is 98.7 Å². The van der Waals surface area contributed by atoms with Crippen LogP contribution in [0.25, 0.3) is 0 Å². The average molecular weight is 550 g/mol. The molecule has 226 valence electrons. The Balaban J connectivity index is 2.43. The van der Waals surface area contributed by atoms with Crippen molar-refractivity contribution in [1.82, 2.24) is 5.32 Å². The third-order valence-corrected chi connectivity index (χ3v) is 7.27. The van der Waals surface area contributed by atoms with E-state index in [-0.39, 0.29) is 18.9 Å². The van der Waals surface area contributed by atoms with Gasteiger partial charge in [0.1, 0.15) is 30.5 Å². The Labute approximate surface area is 228 Å². The molecule has 0 aliphatic carbocycles. The highest BCUT2D eigenvalue weighted by Crippen LogP contribution is 2.23. The maximum atomic E-state index is 12.2. The zero-order valence-corrected chi connectivity index (χ0v) is 23.5. The lowest BCUT2D eigenvalue weighted by atomic mass is 9.98. The molecule has 1 aliphatic rings. The number of rotatable bonds is 22. The zero-order valence-electron chi connectivity index (χ0n) is 23.5. The van der Waals surface area contributed by atoms with Gasteiger partial charge in [0.15, 0.2) is 6.29 Å². The van der Waals surface area contributed by atoms with E-state index in [1.807, 2.05) is 6.92 Å². The normalized spacial score (nSPS) is 26.2. The Kier molecular flexibility index (Phi) is 19.4. The number of carbonyl (C=O) groups excluding carboxylic acids is 1. The molecule has 0 bridgehead atoms. The van der Waals surface area contributed by atoms with Crippen molar-refractivity contribution in [3.63, 3.8) is 0 Å². The third-order valence-electron chi connectivity index (χ3n) is 7.27. The SMILES string of the molecule is CCCCCCCCCCCCCCC(O)C(O)C(COC1OC(CO)C(O)C(O)C1O)NC(=O)CCC. The van der Waals surface area contributed by atoms with Gasteiger partial charge in [-0.3, -0.25) is 4.79 Å². The Hall–Kier alpha value is -0.850. The summed E-state index contributed by atoms with van der Waals surface area (Å²) < 4.78 is 10.9. The van der Waals surface area contributed by atoms with Gasteiger partial charge >= 0.3 is 0 Å². The minimum Gasteiger partial charge on any atom is -0.394 e. The second kappa shape index (κ2) is 21.0. The second-order valence-electron chi connectivity index (χ2n) is 10.7. The molecule has 8 atom stereocenters. The molecule has 1 saturated heterocycles. The fourth-order valence-electron chi connectivity index (χ4n) is 4.77. The molecule has 0 aromatic carbocycles. The molecule has 8 unspecified atom stereocenters. The number of hydrogen-bond acceptors (Lipinski definition) is 9. The summed E-state index contributed by atoms with van der Waals surface area (Å²) in [5.41, 5.74) is 0. The van der Waals surface area contributed by atoms with E-state index >= 15 is 0 Å². The number of unbranched alkanes of at least 4 members (excludes halogenated alkanes) is 11. The van der Waals surface area contributed by atoms with Gasteiger partial charge in [-0.2, -0.15) is 0 Å². The predicted molar refractivity (Wildman–Crippen MR) is 144 cm³/mol. The van der Waals surface area contributed by atoms with E-state index in [1.54, 1.807) is 0 Å². The van der Waals surface area contributed by atoms with Gasteiger partial charge < -0.3 is 45.4 Å². The average Bonchev–Trinajstić information content (AvgIpc) is 2.90. The van der Waals surface area contributed by atoms with Crippen LogP contribution in [-0.2, 0) is 14.3 Å². The summed E-state index contributed by atoms with van der Waals surface area (Å²) >= 11 is 0. The number of ether oxygens (including phenoxy) is 2. The summed E-state index contributed by atoms with van der Waals surface area (Å²) in [6.07, 6.45) is 5.91. The van der Waals surface area contributed by atoms with Gasteiger partial charge in [-0.15, -0.1) is 0 Å². The van der Waals surface area contributed by atoms with Gasteiger partial charge in [0.25, 0.3) is 0 Å². The molecular weight excluding hydrogens is 494 g/mol. The summed E-state index contributed by atoms with van der Waals surface area (Å²) in [6.45, 7) is 3.17. The number of aliphatic hydroxyl groups is 6. The molecule has 0 aromatic rings. The summed E-state index contributed by atoms with van der Waals surface area (Å²) in [7, 11) is 0. The number of nitrogens with one attached hydrogen (secondary N) is 1. The van der Waals surface area contributed by atoms with E-state index in [4.69, 9.17) is 9.47 Å². The molecule has 7 N–H and O–H groups in total. The van der Waals surface area contributed by atoms with Gasteiger partial charge in [0.05, 0.1) is 25.4 Å². The maximum absolute atomic E-state index is 12.2. The quantitative estimate of drug-likeness (QED) is 0.0997. The first-order valence-corrected chi connectivity index (χ1v) is 14.8. The summed E-state index contributed by atoms with van der Waals surface area (Å²) in [6, 6.07) is -0.978. The molecule has 10 nitrogen and oxygen atoms in total. The van der Waals surface area contributed by atoms with Crippen LogP contribution in [0.2, 0.25) is 0 Å². The predicted octanol–water partition coefficient (Wildman–Crippen LogP) is 1.90. The minimum atomic E-state index is -1.60. The van der Waals surface area contributed by atoms with Gasteiger partial charge in [0, 0.05) is 6.42 Å². The Morgan fingerprint density at radius 1 is 0.816 bits per heavy atom. The van der Waals surface area contributed by atoms with Crippen molar-refractivity contribution in [2.45, 2.75) is 159 Å². The number of carbonyl (C=O) groups is 1. The van der Waals surface area contributed by atoms with Crippen molar-refractivity contribution in [3.05, 3.63) is 0 Å². The first kappa shape index (κ1) is 35.2. The van der Waals surface area contributed by atoms with Crippen molar-refractivity contribution >= 4 is 5.91 Å². The molecule has 1 amide bonds. The number of aliphatic hydroxyl groups excluding tert-OH is 6. The molecule has 38 heavy (non-hydrogen) atoms. The Morgan fingerprint density at radius 2 is 1.37 bits per heavy atom. The smallest absolute Gasteiger partial charge is 0.220 e. The van der Waals surface area contributed by atoms with E-state index in [2.05, 4.69) is 12.2 Å². The summed E-state index contributed by atoms with van der Waals surface area (Å²) in [5.74, 6) is -0.313. The van der Waals surface area contributed by atoms with Crippen molar-refractivity contribution in [2.24, 2.45) is 0 Å². The molecule has 1 fully saturated rings. The molecule has 0 saturated carbocycles. The van der Waals surface area contributed by atoms with Crippen LogP contribution in [0.1, 0.15) is 110 Å². The third kappa shape index (κ3) is 13.5. The van der Waals surface area contributed by atoms with E-state index in [1.165, 1.54) is 51.4 Å². The van der Waals surface area contributed by atoms with Crippen LogP contribution in [0.4, 0.5) is 0 Å². The highest BCUT2D eigenvalue weighted by molar-refractivity contribution is 5.76. The molecular formula is C28H55NO9. The van der Waals surface area contributed by atoms with E-state index < -0.39 is 55.6 Å². The van der Waals surface area contributed by atoms with Crippen LogP contribution in [0, 0.1) is 0 Å². The molecule has 0 radical (unpaired) electrons. The molecule has 1 rings (SSSR count). The second-order valence-corrected chi connectivity index (χ2v) is 10.7. The van der Waals surface area contributed by atoms with E-state index in [9.17, 15) is 35.4 Å². The first-order valence-electron chi connectivity index (χ1n) is 14.8. The largest absolute Gasteiger partial charge is 0.394 e. The van der Waals surface area contributed by atoms with Gasteiger partial charge in [0.2, 0.25) is 5.91 Å².